The number of hydrogen-bond donors (Lipinski definition) is 1. The highest BCUT2D eigenvalue weighted by Crippen LogP contribution is 2.14. The normalized spacial score (nSPS) is 21.3. The van der Waals surface area contributed by atoms with E-state index in [1.807, 2.05) is 6.92 Å². The van der Waals surface area contributed by atoms with Gasteiger partial charge in [0, 0.05) is 65.0 Å². The summed E-state index contributed by atoms with van der Waals surface area (Å²) < 4.78 is 45.9. The molecule has 0 saturated carbocycles. The van der Waals surface area contributed by atoms with Gasteiger partial charge in [0.25, 0.3) is 0 Å². The van der Waals surface area contributed by atoms with Crippen LogP contribution in [0.25, 0.3) is 0 Å². The predicted octanol–water partition coefficient (Wildman–Crippen LogP) is 1.00. The second-order valence-electron chi connectivity index (χ2n) is 7.11. The molecule has 158 valence electrons. The Morgan fingerprint density at radius 3 is 2.41 bits per heavy atom. The molecule has 2 heterocycles. The van der Waals surface area contributed by atoms with Gasteiger partial charge in [-0.15, -0.1) is 0 Å². The summed E-state index contributed by atoms with van der Waals surface area (Å²) in [5.41, 5.74) is 0. The summed E-state index contributed by atoms with van der Waals surface area (Å²) >= 11 is 0. The van der Waals surface area contributed by atoms with Crippen molar-refractivity contribution in [2.24, 2.45) is 0 Å². The molecule has 2 saturated heterocycles. The highest BCUT2D eigenvalue weighted by Gasteiger charge is 2.27. The van der Waals surface area contributed by atoms with Crippen LogP contribution >= 0.6 is 0 Å². The van der Waals surface area contributed by atoms with Gasteiger partial charge >= 0.3 is 12.2 Å². The van der Waals surface area contributed by atoms with Crippen molar-refractivity contribution in [3.05, 3.63) is 0 Å². The summed E-state index contributed by atoms with van der Waals surface area (Å²) in [5.74, 6) is 0. The summed E-state index contributed by atoms with van der Waals surface area (Å²) in [6.07, 6.45) is -3.71. The molecule has 7 nitrogen and oxygen atoms in total. The van der Waals surface area contributed by atoms with Gasteiger partial charge in [0.1, 0.15) is 6.61 Å². The average Bonchev–Trinajstić information content (AvgIpc) is 2.61. The molecule has 2 aliphatic rings. The van der Waals surface area contributed by atoms with Crippen molar-refractivity contribution in [2.45, 2.75) is 25.6 Å². The minimum Gasteiger partial charge on any atom is -0.379 e. The first-order chi connectivity index (χ1) is 12.8. The number of piperazine rings is 1. The Labute approximate surface area is 158 Å². The summed E-state index contributed by atoms with van der Waals surface area (Å²) in [6, 6.07) is 0.0170. The third-order valence-corrected chi connectivity index (χ3v) is 4.69. The standard InChI is InChI=1S/C17H31F3N4O3/c1-15(13-23-8-11-26-12-9-23)21-16(25)24-6-4-22(5-7-24)3-2-10-27-14-17(18,19)20/h15H,2-14H2,1H3,(H,21,25). The van der Waals surface area contributed by atoms with E-state index in [2.05, 4.69) is 19.9 Å². The fraction of sp³-hybridized carbons (Fsp3) is 0.941. The minimum absolute atomic E-state index is 0.0519. The molecular formula is C17H31F3N4O3. The number of rotatable bonds is 8. The number of nitrogens with one attached hydrogen (secondary N) is 1. The van der Waals surface area contributed by atoms with Crippen LogP contribution in [0, 0.1) is 0 Å². The third kappa shape index (κ3) is 9.09. The van der Waals surface area contributed by atoms with Crippen LogP contribution < -0.4 is 5.32 Å². The van der Waals surface area contributed by atoms with Crippen LogP contribution in [0.5, 0.6) is 0 Å². The van der Waals surface area contributed by atoms with E-state index in [1.54, 1.807) is 4.90 Å². The molecule has 10 heteroatoms. The summed E-state index contributed by atoms with van der Waals surface area (Å²) in [6.45, 7) is 8.38. The molecule has 2 fully saturated rings. The predicted molar refractivity (Wildman–Crippen MR) is 94.8 cm³/mol. The number of amides is 2. The van der Waals surface area contributed by atoms with E-state index in [0.29, 0.717) is 26.1 Å². The molecule has 0 spiro atoms. The number of urea groups is 1. The smallest absolute Gasteiger partial charge is 0.379 e. The van der Waals surface area contributed by atoms with E-state index >= 15 is 0 Å². The van der Waals surface area contributed by atoms with Gasteiger partial charge in [-0.1, -0.05) is 0 Å². The van der Waals surface area contributed by atoms with E-state index in [0.717, 1.165) is 45.9 Å². The lowest BCUT2D eigenvalue weighted by Gasteiger charge is -2.36. The van der Waals surface area contributed by atoms with Crippen LogP contribution in [0.4, 0.5) is 18.0 Å². The largest absolute Gasteiger partial charge is 0.411 e. The number of alkyl halides is 3. The molecule has 0 aliphatic carbocycles. The van der Waals surface area contributed by atoms with Crippen molar-refractivity contribution >= 4 is 6.03 Å². The molecule has 1 N–H and O–H groups in total. The van der Waals surface area contributed by atoms with Gasteiger partial charge in [0.2, 0.25) is 0 Å². The zero-order chi connectivity index (χ0) is 19.7. The lowest BCUT2D eigenvalue weighted by atomic mass is 10.2. The van der Waals surface area contributed by atoms with Gasteiger partial charge in [-0.3, -0.25) is 9.80 Å². The van der Waals surface area contributed by atoms with Crippen LogP contribution in [0.2, 0.25) is 0 Å². The fourth-order valence-electron chi connectivity index (χ4n) is 3.27. The summed E-state index contributed by atoms with van der Waals surface area (Å²) in [5, 5.41) is 3.05. The molecule has 2 rings (SSSR count). The topological polar surface area (TPSA) is 57.3 Å². The maximum absolute atomic E-state index is 12.4. The Kier molecular flexibility index (Phi) is 9.07. The molecule has 0 aromatic carbocycles. The number of halogens is 3. The van der Waals surface area contributed by atoms with Gasteiger partial charge in [-0.2, -0.15) is 13.2 Å². The van der Waals surface area contributed by atoms with E-state index < -0.39 is 12.8 Å². The fourth-order valence-corrected chi connectivity index (χ4v) is 3.27. The monoisotopic (exact) mass is 396 g/mol. The zero-order valence-corrected chi connectivity index (χ0v) is 16.0. The highest BCUT2D eigenvalue weighted by molar-refractivity contribution is 5.74. The molecule has 27 heavy (non-hydrogen) atoms. The average molecular weight is 396 g/mol. The van der Waals surface area contributed by atoms with Crippen LogP contribution in [0.3, 0.4) is 0 Å². The van der Waals surface area contributed by atoms with E-state index in [1.165, 1.54) is 0 Å². The summed E-state index contributed by atoms with van der Waals surface area (Å²) in [7, 11) is 0. The number of carbonyl (C=O) groups is 1. The van der Waals surface area contributed by atoms with Crippen molar-refractivity contribution in [3.8, 4) is 0 Å². The number of ether oxygens (including phenoxy) is 2. The van der Waals surface area contributed by atoms with Gasteiger partial charge < -0.3 is 19.7 Å². The van der Waals surface area contributed by atoms with Crippen LogP contribution in [-0.4, -0.2) is 112 Å². The highest BCUT2D eigenvalue weighted by atomic mass is 19.4. The van der Waals surface area contributed by atoms with E-state index in [9.17, 15) is 18.0 Å². The van der Waals surface area contributed by atoms with Crippen LogP contribution in [-0.2, 0) is 9.47 Å². The molecule has 1 atom stereocenters. The first-order valence-corrected chi connectivity index (χ1v) is 9.56. The van der Waals surface area contributed by atoms with Gasteiger partial charge in [0.05, 0.1) is 13.2 Å². The van der Waals surface area contributed by atoms with Crippen molar-refractivity contribution < 1.29 is 27.4 Å². The third-order valence-electron chi connectivity index (χ3n) is 4.69. The van der Waals surface area contributed by atoms with Gasteiger partial charge in [-0.05, 0) is 13.3 Å². The van der Waals surface area contributed by atoms with Crippen molar-refractivity contribution in [1.29, 1.82) is 0 Å². The Hall–Kier alpha value is -1.10. The number of hydrogen-bond acceptors (Lipinski definition) is 5. The number of carbonyl (C=O) groups excluding carboxylic acids is 1. The van der Waals surface area contributed by atoms with Gasteiger partial charge in [-0.25, -0.2) is 4.79 Å². The van der Waals surface area contributed by atoms with Gasteiger partial charge in [0.15, 0.2) is 0 Å². The first-order valence-electron chi connectivity index (χ1n) is 9.56. The molecule has 2 amide bonds. The molecule has 0 bridgehead atoms. The Bertz CT molecular complexity index is 440. The summed E-state index contributed by atoms with van der Waals surface area (Å²) in [4.78, 5) is 18.6. The van der Waals surface area contributed by atoms with Crippen LogP contribution in [0.15, 0.2) is 0 Å². The molecule has 1 unspecified atom stereocenters. The molecule has 0 aromatic heterocycles. The lowest BCUT2D eigenvalue weighted by molar-refractivity contribution is -0.174. The Morgan fingerprint density at radius 1 is 1.11 bits per heavy atom. The minimum atomic E-state index is -4.27. The number of morpholine rings is 1. The quantitative estimate of drug-likeness (QED) is 0.621. The van der Waals surface area contributed by atoms with Crippen molar-refractivity contribution in [2.75, 3.05) is 78.8 Å². The van der Waals surface area contributed by atoms with Crippen molar-refractivity contribution in [1.82, 2.24) is 20.0 Å². The second kappa shape index (κ2) is 11.0. The Balaban J connectivity index is 1.55. The molecule has 0 aromatic rings. The molecular weight excluding hydrogens is 365 g/mol. The maximum atomic E-state index is 12.4. The zero-order valence-electron chi connectivity index (χ0n) is 16.0. The van der Waals surface area contributed by atoms with E-state index in [4.69, 9.17) is 4.74 Å². The molecule has 2 aliphatic heterocycles. The maximum Gasteiger partial charge on any atom is 0.411 e. The Morgan fingerprint density at radius 2 is 1.78 bits per heavy atom. The van der Waals surface area contributed by atoms with Crippen molar-refractivity contribution in [3.63, 3.8) is 0 Å². The first kappa shape index (κ1) is 22.2. The van der Waals surface area contributed by atoms with Crippen LogP contribution in [0.1, 0.15) is 13.3 Å². The number of nitrogens with zero attached hydrogens (tertiary/aromatic N) is 3. The lowest BCUT2D eigenvalue weighted by Crippen LogP contribution is -2.55. The molecule has 0 radical (unpaired) electrons. The van der Waals surface area contributed by atoms with E-state index in [-0.39, 0.29) is 18.7 Å². The second-order valence-corrected chi connectivity index (χ2v) is 7.11. The SMILES string of the molecule is CC(CN1CCOCC1)NC(=O)N1CCN(CCCOCC(F)(F)F)CC1.